The van der Waals surface area contributed by atoms with Crippen LogP contribution in [-0.2, 0) is 7.05 Å². The monoisotopic (exact) mass is 256 g/mol. The normalized spacial score (nSPS) is 11.2. The van der Waals surface area contributed by atoms with E-state index in [4.69, 9.17) is 4.42 Å². The maximum absolute atomic E-state index is 5.68. The minimum Gasteiger partial charge on any atom is -0.423 e. The van der Waals surface area contributed by atoms with Gasteiger partial charge in [0, 0.05) is 19.7 Å². The predicted molar refractivity (Wildman–Crippen MR) is 75.2 cm³/mol. The van der Waals surface area contributed by atoms with E-state index in [0.29, 0.717) is 6.01 Å². The Morgan fingerprint density at radius 3 is 2.68 bits per heavy atom. The summed E-state index contributed by atoms with van der Waals surface area (Å²) in [6, 6.07) is 6.67. The highest BCUT2D eigenvalue weighted by molar-refractivity contribution is 5.82. The average molecular weight is 256 g/mol. The maximum atomic E-state index is 5.68. The predicted octanol–water partition coefficient (Wildman–Crippen LogP) is 2.89. The van der Waals surface area contributed by atoms with Crippen molar-refractivity contribution in [2.75, 3.05) is 12.4 Å². The van der Waals surface area contributed by atoms with Crippen LogP contribution in [0.25, 0.3) is 22.4 Å². The largest absolute Gasteiger partial charge is 0.423 e. The number of hydrogen-bond acceptors (Lipinski definition) is 4. The van der Waals surface area contributed by atoms with E-state index >= 15 is 0 Å². The Kier molecular flexibility index (Phi) is 2.55. The lowest BCUT2D eigenvalue weighted by Crippen LogP contribution is -1.89. The van der Waals surface area contributed by atoms with E-state index in [1.165, 1.54) is 0 Å². The van der Waals surface area contributed by atoms with Crippen molar-refractivity contribution in [2.24, 2.45) is 7.05 Å². The van der Waals surface area contributed by atoms with Gasteiger partial charge >= 0.3 is 0 Å². The lowest BCUT2D eigenvalue weighted by molar-refractivity contribution is 0.589. The summed E-state index contributed by atoms with van der Waals surface area (Å²) in [6.45, 7) is 3.94. The van der Waals surface area contributed by atoms with Crippen molar-refractivity contribution in [1.82, 2.24) is 14.5 Å². The number of nitrogens with one attached hydrogen (secondary N) is 1. The van der Waals surface area contributed by atoms with Crippen molar-refractivity contribution in [3.8, 4) is 11.3 Å². The molecular weight excluding hydrogens is 240 g/mol. The van der Waals surface area contributed by atoms with Gasteiger partial charge in [0.15, 0.2) is 5.76 Å². The third-order valence-electron chi connectivity index (χ3n) is 3.38. The third kappa shape index (κ3) is 1.78. The van der Waals surface area contributed by atoms with Crippen LogP contribution in [0.5, 0.6) is 0 Å². The molecule has 19 heavy (non-hydrogen) atoms. The van der Waals surface area contributed by atoms with Crippen molar-refractivity contribution in [3.63, 3.8) is 0 Å². The maximum Gasteiger partial charge on any atom is 0.295 e. The topological polar surface area (TPSA) is 55.9 Å². The number of aromatic nitrogens is 3. The quantitative estimate of drug-likeness (QED) is 0.766. The van der Waals surface area contributed by atoms with Crippen LogP contribution in [0.1, 0.15) is 11.5 Å². The van der Waals surface area contributed by atoms with Crippen molar-refractivity contribution >= 4 is 17.0 Å². The van der Waals surface area contributed by atoms with Gasteiger partial charge in [-0.05, 0) is 32.0 Å². The molecule has 0 atom stereocenters. The number of fused-ring (bicyclic) bond motifs is 1. The van der Waals surface area contributed by atoms with Crippen LogP contribution in [0.2, 0.25) is 0 Å². The van der Waals surface area contributed by atoms with Gasteiger partial charge in [-0.3, -0.25) is 0 Å². The smallest absolute Gasteiger partial charge is 0.295 e. The van der Waals surface area contributed by atoms with E-state index in [2.05, 4.69) is 25.9 Å². The molecule has 0 fully saturated rings. The highest BCUT2D eigenvalue weighted by Gasteiger charge is 2.13. The van der Waals surface area contributed by atoms with Crippen molar-refractivity contribution in [3.05, 3.63) is 29.7 Å². The molecule has 0 saturated carbocycles. The summed E-state index contributed by atoms with van der Waals surface area (Å²) >= 11 is 0. The Balaban J connectivity index is 2.17. The summed E-state index contributed by atoms with van der Waals surface area (Å²) in [5.41, 5.74) is 3.96. The molecule has 1 aromatic carbocycles. The van der Waals surface area contributed by atoms with Crippen LogP contribution in [0.4, 0.5) is 6.01 Å². The van der Waals surface area contributed by atoms with Crippen LogP contribution >= 0.6 is 0 Å². The number of nitrogens with zero attached hydrogens (tertiary/aromatic N) is 3. The molecule has 5 nitrogen and oxygen atoms in total. The molecule has 0 amide bonds. The second-order valence-corrected chi connectivity index (χ2v) is 4.61. The fraction of sp³-hybridized carbons (Fsp3) is 0.286. The molecule has 2 aromatic heterocycles. The highest BCUT2D eigenvalue weighted by Crippen LogP contribution is 2.29. The number of benzene rings is 1. The van der Waals surface area contributed by atoms with Gasteiger partial charge < -0.3 is 14.3 Å². The van der Waals surface area contributed by atoms with Crippen molar-refractivity contribution in [1.29, 1.82) is 0 Å². The van der Waals surface area contributed by atoms with E-state index < -0.39 is 0 Å². The van der Waals surface area contributed by atoms with Gasteiger partial charge in [-0.2, -0.15) is 4.98 Å². The molecule has 0 unspecified atom stereocenters. The second kappa shape index (κ2) is 4.12. The van der Waals surface area contributed by atoms with E-state index in [1.807, 2.05) is 33.0 Å². The van der Waals surface area contributed by atoms with Crippen LogP contribution in [-0.4, -0.2) is 21.6 Å². The number of oxazole rings is 1. The Morgan fingerprint density at radius 1 is 1.21 bits per heavy atom. The molecular formula is C14H16N4O. The molecule has 2 heterocycles. The first-order chi connectivity index (χ1) is 9.10. The highest BCUT2D eigenvalue weighted by atomic mass is 16.4. The summed E-state index contributed by atoms with van der Waals surface area (Å²) in [4.78, 5) is 8.85. The SMILES string of the molecule is CNc1nc(C)c(-c2ccc3c(c2)nc(C)n3C)o1. The lowest BCUT2D eigenvalue weighted by atomic mass is 10.1. The van der Waals surface area contributed by atoms with Gasteiger partial charge in [-0.15, -0.1) is 0 Å². The standard InChI is InChI=1S/C14H16N4O/c1-8-13(19-14(15-3)16-8)10-5-6-12-11(7-10)17-9(2)18(12)4/h5-7H,1-4H3,(H,15,16). The molecule has 0 spiro atoms. The number of imidazole rings is 1. The Morgan fingerprint density at radius 2 is 2.00 bits per heavy atom. The number of anilines is 1. The summed E-state index contributed by atoms with van der Waals surface area (Å²) in [5, 5.41) is 2.91. The molecule has 98 valence electrons. The van der Waals surface area contributed by atoms with Crippen molar-refractivity contribution in [2.45, 2.75) is 13.8 Å². The average Bonchev–Trinajstić information content (AvgIpc) is 2.91. The van der Waals surface area contributed by atoms with Crippen LogP contribution in [0.15, 0.2) is 22.6 Å². The second-order valence-electron chi connectivity index (χ2n) is 4.61. The summed E-state index contributed by atoms with van der Waals surface area (Å²) in [7, 11) is 3.81. The van der Waals surface area contributed by atoms with Crippen LogP contribution in [0.3, 0.4) is 0 Å². The van der Waals surface area contributed by atoms with E-state index in [9.17, 15) is 0 Å². The minimum absolute atomic E-state index is 0.532. The minimum atomic E-state index is 0.532. The van der Waals surface area contributed by atoms with Gasteiger partial charge in [-0.1, -0.05) is 0 Å². The number of rotatable bonds is 2. The fourth-order valence-electron chi connectivity index (χ4n) is 2.23. The molecule has 0 bridgehead atoms. The third-order valence-corrected chi connectivity index (χ3v) is 3.38. The van der Waals surface area contributed by atoms with Gasteiger partial charge in [0.2, 0.25) is 0 Å². The zero-order valence-corrected chi connectivity index (χ0v) is 11.5. The Hall–Kier alpha value is -2.30. The van der Waals surface area contributed by atoms with Crippen LogP contribution < -0.4 is 5.32 Å². The zero-order chi connectivity index (χ0) is 13.6. The summed E-state index contributed by atoms with van der Waals surface area (Å²) < 4.78 is 7.75. The molecule has 0 aliphatic heterocycles. The first kappa shape index (κ1) is 11.8. The van der Waals surface area contributed by atoms with E-state index in [0.717, 1.165) is 33.9 Å². The molecule has 0 aliphatic carbocycles. The van der Waals surface area contributed by atoms with Gasteiger partial charge in [-0.25, -0.2) is 4.98 Å². The first-order valence-electron chi connectivity index (χ1n) is 6.19. The van der Waals surface area contributed by atoms with Crippen LogP contribution in [0, 0.1) is 13.8 Å². The molecule has 5 heteroatoms. The van der Waals surface area contributed by atoms with Gasteiger partial charge in [0.1, 0.15) is 5.82 Å². The molecule has 0 saturated heterocycles. The Bertz CT molecular complexity index is 754. The van der Waals surface area contributed by atoms with Crippen molar-refractivity contribution < 1.29 is 4.42 Å². The molecule has 3 aromatic rings. The summed E-state index contributed by atoms with van der Waals surface area (Å²) in [5.74, 6) is 1.78. The summed E-state index contributed by atoms with van der Waals surface area (Å²) in [6.07, 6.45) is 0. The van der Waals surface area contributed by atoms with E-state index in [1.54, 1.807) is 7.05 Å². The lowest BCUT2D eigenvalue weighted by Gasteiger charge is -1.99. The molecule has 1 N–H and O–H groups in total. The molecule has 0 radical (unpaired) electrons. The molecule has 0 aliphatic rings. The number of aryl methyl sites for hydroxylation is 3. The zero-order valence-electron chi connectivity index (χ0n) is 11.5. The number of hydrogen-bond donors (Lipinski definition) is 1. The molecule has 3 rings (SSSR count). The fourth-order valence-corrected chi connectivity index (χ4v) is 2.23. The van der Waals surface area contributed by atoms with E-state index in [-0.39, 0.29) is 0 Å². The first-order valence-corrected chi connectivity index (χ1v) is 6.19. The van der Waals surface area contributed by atoms with Gasteiger partial charge in [0.05, 0.1) is 16.7 Å². The van der Waals surface area contributed by atoms with Gasteiger partial charge in [0.25, 0.3) is 6.01 Å². The Labute approximate surface area is 111 Å².